The average molecular weight is 187 g/mol. The van der Waals surface area contributed by atoms with Crippen molar-refractivity contribution in [3.05, 3.63) is 0 Å². The molecule has 74 valence electrons. The minimum absolute atomic E-state index is 0.232. The van der Waals surface area contributed by atoms with E-state index in [1.165, 1.54) is 0 Å². The maximum absolute atomic E-state index is 11.0. The first-order valence-electron chi connectivity index (χ1n) is 4.18. The summed E-state index contributed by atoms with van der Waals surface area (Å²) in [4.78, 5) is 21.7. The smallest absolute Gasteiger partial charge is 0.408 e. The Kier molecular flexibility index (Phi) is 2.45. The zero-order chi connectivity index (χ0) is 10.1. The van der Waals surface area contributed by atoms with E-state index in [1.54, 1.807) is 13.8 Å². The van der Waals surface area contributed by atoms with Crippen molar-refractivity contribution >= 4 is 12.1 Å². The Morgan fingerprint density at radius 2 is 2.00 bits per heavy atom. The summed E-state index contributed by atoms with van der Waals surface area (Å²) in [6, 6.07) is 0. The fourth-order valence-electron chi connectivity index (χ4n) is 0.956. The van der Waals surface area contributed by atoms with Crippen LogP contribution in [0.4, 0.5) is 4.79 Å². The largest absolute Gasteiger partial charge is 0.480 e. The summed E-state index contributed by atoms with van der Waals surface area (Å²) in [6.07, 6.45) is 0.0740. The number of rotatable bonds is 3. The minimum Gasteiger partial charge on any atom is -0.480 e. The van der Waals surface area contributed by atoms with Crippen LogP contribution in [0.1, 0.15) is 26.7 Å². The van der Waals surface area contributed by atoms with E-state index in [1.807, 2.05) is 0 Å². The number of carboxylic acids is 1. The summed E-state index contributed by atoms with van der Waals surface area (Å²) in [5, 5.41) is 11.1. The Balaban J connectivity index is 2.40. The molecule has 1 saturated carbocycles. The highest BCUT2D eigenvalue weighted by molar-refractivity contribution is 5.87. The van der Waals surface area contributed by atoms with Crippen LogP contribution >= 0.6 is 0 Å². The topological polar surface area (TPSA) is 75.6 Å². The Morgan fingerprint density at radius 3 is 2.31 bits per heavy atom. The Labute approximate surface area is 76.1 Å². The van der Waals surface area contributed by atoms with E-state index in [0.717, 1.165) is 0 Å². The third-order valence-corrected chi connectivity index (χ3v) is 1.84. The Hall–Kier alpha value is -1.26. The van der Waals surface area contributed by atoms with Gasteiger partial charge in [-0.1, -0.05) is 0 Å². The molecule has 0 unspecified atom stereocenters. The quantitative estimate of drug-likeness (QED) is 0.683. The molecule has 0 saturated heterocycles. The summed E-state index contributed by atoms with van der Waals surface area (Å²) >= 11 is 0. The molecule has 0 aromatic heterocycles. The van der Waals surface area contributed by atoms with Crippen LogP contribution in [0.15, 0.2) is 0 Å². The van der Waals surface area contributed by atoms with Gasteiger partial charge in [-0.25, -0.2) is 9.59 Å². The molecule has 0 aromatic carbocycles. The van der Waals surface area contributed by atoms with Gasteiger partial charge >= 0.3 is 12.1 Å². The molecule has 1 aliphatic rings. The normalized spacial score (nSPS) is 18.1. The number of ether oxygens (including phenoxy) is 1. The number of aliphatic carboxylic acids is 1. The van der Waals surface area contributed by atoms with Crippen molar-refractivity contribution in [3.63, 3.8) is 0 Å². The van der Waals surface area contributed by atoms with E-state index < -0.39 is 17.6 Å². The van der Waals surface area contributed by atoms with Crippen LogP contribution in [-0.2, 0) is 9.53 Å². The van der Waals surface area contributed by atoms with Crippen molar-refractivity contribution in [3.8, 4) is 0 Å². The first-order valence-corrected chi connectivity index (χ1v) is 4.18. The predicted molar refractivity (Wildman–Crippen MR) is 44.4 cm³/mol. The molecule has 0 aliphatic heterocycles. The molecule has 13 heavy (non-hydrogen) atoms. The van der Waals surface area contributed by atoms with Crippen LogP contribution in [-0.4, -0.2) is 28.8 Å². The summed E-state index contributed by atoms with van der Waals surface area (Å²) in [5.74, 6) is -0.992. The number of alkyl carbamates (subject to hydrolysis) is 1. The zero-order valence-electron chi connectivity index (χ0n) is 7.66. The molecular formula is C8H13NO4. The van der Waals surface area contributed by atoms with Crippen molar-refractivity contribution < 1.29 is 19.4 Å². The van der Waals surface area contributed by atoms with Crippen LogP contribution in [0.25, 0.3) is 0 Å². The standard InChI is InChI=1S/C8H13NO4/c1-5(2)13-7(12)9-8(3-4-8)6(10)11/h5H,3-4H2,1-2H3,(H,9,12)(H,10,11). The summed E-state index contributed by atoms with van der Waals surface area (Å²) in [7, 11) is 0. The van der Waals surface area contributed by atoms with Gasteiger partial charge in [-0.3, -0.25) is 0 Å². The lowest BCUT2D eigenvalue weighted by Crippen LogP contribution is -2.43. The number of carbonyl (C=O) groups is 2. The molecular weight excluding hydrogens is 174 g/mol. The van der Waals surface area contributed by atoms with Gasteiger partial charge in [0, 0.05) is 0 Å². The second-order valence-electron chi connectivity index (χ2n) is 3.47. The fourth-order valence-corrected chi connectivity index (χ4v) is 0.956. The highest BCUT2D eigenvalue weighted by Gasteiger charge is 2.52. The third-order valence-electron chi connectivity index (χ3n) is 1.84. The Morgan fingerprint density at radius 1 is 1.46 bits per heavy atom. The van der Waals surface area contributed by atoms with Crippen LogP contribution in [0.5, 0.6) is 0 Å². The molecule has 1 aliphatic carbocycles. The molecule has 0 atom stereocenters. The van der Waals surface area contributed by atoms with Crippen molar-refractivity contribution in [2.45, 2.75) is 38.3 Å². The van der Waals surface area contributed by atoms with Crippen molar-refractivity contribution in [2.75, 3.05) is 0 Å². The number of carboxylic acid groups (broad SMARTS) is 1. The van der Waals surface area contributed by atoms with Gasteiger partial charge in [0.15, 0.2) is 0 Å². The molecule has 0 radical (unpaired) electrons. The molecule has 5 heteroatoms. The molecule has 1 rings (SSSR count). The summed E-state index contributed by atoms with van der Waals surface area (Å²) in [5.41, 5.74) is -1.05. The first kappa shape index (κ1) is 9.83. The lowest BCUT2D eigenvalue weighted by atomic mass is 10.3. The second kappa shape index (κ2) is 3.24. The predicted octanol–water partition coefficient (Wildman–Crippen LogP) is 0.738. The fraction of sp³-hybridized carbons (Fsp3) is 0.750. The zero-order valence-corrected chi connectivity index (χ0v) is 7.66. The third kappa shape index (κ3) is 2.34. The van der Waals surface area contributed by atoms with Crippen LogP contribution < -0.4 is 5.32 Å². The lowest BCUT2D eigenvalue weighted by molar-refractivity contribution is -0.140. The van der Waals surface area contributed by atoms with E-state index in [9.17, 15) is 9.59 Å². The van der Waals surface area contributed by atoms with Gasteiger partial charge < -0.3 is 15.2 Å². The summed E-state index contributed by atoms with van der Waals surface area (Å²) in [6.45, 7) is 3.42. The van der Waals surface area contributed by atoms with Gasteiger partial charge in [-0.15, -0.1) is 0 Å². The maximum atomic E-state index is 11.0. The van der Waals surface area contributed by atoms with E-state index in [4.69, 9.17) is 9.84 Å². The van der Waals surface area contributed by atoms with Crippen molar-refractivity contribution in [1.82, 2.24) is 5.32 Å². The molecule has 2 N–H and O–H groups in total. The van der Waals surface area contributed by atoms with Crippen LogP contribution in [0.2, 0.25) is 0 Å². The Bertz CT molecular complexity index is 232. The first-order chi connectivity index (χ1) is 5.96. The average Bonchev–Trinajstić information content (AvgIpc) is 2.66. The highest BCUT2D eigenvalue weighted by atomic mass is 16.6. The van der Waals surface area contributed by atoms with Gasteiger partial charge in [0.1, 0.15) is 5.54 Å². The number of nitrogens with one attached hydrogen (secondary N) is 1. The molecule has 1 fully saturated rings. The SMILES string of the molecule is CC(C)OC(=O)NC1(C(=O)O)CC1. The van der Waals surface area contributed by atoms with Gasteiger partial charge in [-0.2, -0.15) is 0 Å². The van der Waals surface area contributed by atoms with E-state index in [2.05, 4.69) is 5.32 Å². The number of carbonyl (C=O) groups excluding carboxylic acids is 1. The lowest BCUT2D eigenvalue weighted by Gasteiger charge is -2.14. The van der Waals surface area contributed by atoms with Crippen LogP contribution in [0, 0.1) is 0 Å². The molecule has 5 nitrogen and oxygen atoms in total. The monoisotopic (exact) mass is 187 g/mol. The molecule has 0 spiro atoms. The van der Waals surface area contributed by atoms with Crippen molar-refractivity contribution in [2.24, 2.45) is 0 Å². The van der Waals surface area contributed by atoms with Crippen LogP contribution in [0.3, 0.4) is 0 Å². The minimum atomic E-state index is -1.05. The maximum Gasteiger partial charge on any atom is 0.408 e. The van der Waals surface area contributed by atoms with Gasteiger partial charge in [0.25, 0.3) is 0 Å². The van der Waals surface area contributed by atoms with Gasteiger partial charge in [0.2, 0.25) is 0 Å². The van der Waals surface area contributed by atoms with Gasteiger partial charge in [0.05, 0.1) is 6.10 Å². The number of hydrogen-bond acceptors (Lipinski definition) is 3. The van der Waals surface area contributed by atoms with Gasteiger partial charge in [-0.05, 0) is 26.7 Å². The molecule has 0 heterocycles. The molecule has 0 aromatic rings. The number of amides is 1. The van der Waals surface area contributed by atoms with E-state index in [0.29, 0.717) is 12.8 Å². The summed E-state index contributed by atoms with van der Waals surface area (Å²) < 4.78 is 4.76. The highest BCUT2D eigenvalue weighted by Crippen LogP contribution is 2.35. The number of hydrogen-bond donors (Lipinski definition) is 2. The molecule has 1 amide bonds. The van der Waals surface area contributed by atoms with Crippen molar-refractivity contribution in [1.29, 1.82) is 0 Å². The van der Waals surface area contributed by atoms with E-state index in [-0.39, 0.29) is 6.10 Å². The molecule has 0 bridgehead atoms. The second-order valence-corrected chi connectivity index (χ2v) is 3.47. The van der Waals surface area contributed by atoms with E-state index >= 15 is 0 Å².